The topological polar surface area (TPSA) is 108 Å². The summed E-state index contributed by atoms with van der Waals surface area (Å²) in [5.74, 6) is 1.34. The van der Waals surface area contributed by atoms with E-state index in [2.05, 4.69) is 15.3 Å². The highest BCUT2D eigenvalue weighted by atomic mass is 32.3. The summed E-state index contributed by atoms with van der Waals surface area (Å²) >= 11 is 18.4. The molecule has 0 rings (SSSR count). The van der Waals surface area contributed by atoms with E-state index in [0.29, 0.717) is 21.9 Å². The van der Waals surface area contributed by atoms with E-state index in [1.54, 1.807) is 54.1 Å². The van der Waals surface area contributed by atoms with Gasteiger partial charge in [-0.05, 0) is 0 Å². The molecule has 20 heteroatoms. The molecule has 37 heavy (non-hydrogen) atoms. The maximum Gasteiger partial charge on any atom is 0.280 e. The van der Waals surface area contributed by atoms with Crippen molar-refractivity contribution >= 4 is 167 Å². The molecule has 0 fully saturated rings. The van der Waals surface area contributed by atoms with E-state index in [1.165, 1.54) is 46.4 Å². The molecule has 0 aromatic rings. The Balaban J connectivity index is 3.31. The van der Waals surface area contributed by atoms with Gasteiger partial charge in [0.15, 0.2) is 0 Å². The molecule has 0 spiro atoms. The van der Waals surface area contributed by atoms with E-state index in [9.17, 15) is 13.2 Å². The molecule has 2 unspecified atom stereocenters. The van der Waals surface area contributed by atoms with E-state index in [1.807, 2.05) is 47.0 Å². The first-order chi connectivity index (χ1) is 18.1. The molecule has 218 valence electrons. The zero-order chi connectivity index (χ0) is 27.2. The fourth-order valence-electron chi connectivity index (χ4n) is 1.53. The van der Waals surface area contributed by atoms with Gasteiger partial charge in [0.05, 0.1) is 60.6 Å². The lowest BCUT2D eigenvalue weighted by molar-refractivity contribution is 0.262. The van der Waals surface area contributed by atoms with Gasteiger partial charge in [0.25, 0.3) is 5.24 Å². The highest BCUT2D eigenvalue weighted by Crippen LogP contribution is 2.24. The average molecular weight is 760 g/mol. The summed E-state index contributed by atoms with van der Waals surface area (Å²) in [7, 11) is -0.371. The Hall–Kier alpha value is 2.92. The smallest absolute Gasteiger partial charge is 0.280 e. The number of aliphatic hydroxyl groups is 1. The Morgan fingerprint density at radius 1 is 0.730 bits per heavy atom. The molecule has 0 aliphatic heterocycles. The molecule has 0 radical (unpaired) electrons. The quantitative estimate of drug-likeness (QED) is 0.0418. The average Bonchev–Trinajstić information content (AvgIpc) is 2.88. The third-order valence-electron chi connectivity index (χ3n) is 2.83. The van der Waals surface area contributed by atoms with E-state index in [0.717, 1.165) is 40.7 Å². The standard InChI is InChI=1S/C17H33N3O4S13/c1-18-4-36(23)15-34-13-31-11-30-12-32-14-35-17(22)20-3-26-8-29-10-28-7-25-2-19-5-37(24)16-33-9-27-6-21/h4-5,21H,2-3,6-16H2,1H3,(H,20,22). The van der Waals surface area contributed by atoms with Crippen molar-refractivity contribution in [3.8, 4) is 0 Å². The number of aliphatic imine (C=N–C) groups is 2. The van der Waals surface area contributed by atoms with Gasteiger partial charge in [0.1, 0.15) is 0 Å². The van der Waals surface area contributed by atoms with Gasteiger partial charge in [-0.3, -0.25) is 23.2 Å². The highest BCUT2D eigenvalue weighted by molar-refractivity contribution is 8.30. The molecule has 0 bridgehead atoms. The van der Waals surface area contributed by atoms with Crippen LogP contribution in [-0.2, 0) is 21.6 Å². The Morgan fingerprint density at radius 2 is 1.24 bits per heavy atom. The summed E-state index contributed by atoms with van der Waals surface area (Å²) in [6.45, 7) is 0. The number of amides is 1. The number of rotatable bonds is 27. The van der Waals surface area contributed by atoms with Gasteiger partial charge in [0.2, 0.25) is 0 Å². The molecule has 0 aromatic carbocycles. The molecule has 0 saturated heterocycles. The van der Waals surface area contributed by atoms with Crippen LogP contribution in [0, 0.1) is 0 Å². The second-order valence-corrected chi connectivity index (χ2v) is 22.6. The lowest BCUT2D eigenvalue weighted by Crippen LogP contribution is -2.17. The predicted octanol–water partition coefficient (Wildman–Crippen LogP) is 6.38. The van der Waals surface area contributed by atoms with Crippen LogP contribution in [0.1, 0.15) is 0 Å². The van der Waals surface area contributed by atoms with Gasteiger partial charge in [-0.25, -0.2) is 0 Å². The zero-order valence-corrected chi connectivity index (χ0v) is 30.8. The van der Waals surface area contributed by atoms with Crippen LogP contribution in [0.3, 0.4) is 0 Å². The highest BCUT2D eigenvalue weighted by Gasteiger charge is 2.02. The number of carbonyl (C=O) groups excluding carboxylic acids is 1. The first kappa shape index (κ1) is 39.9. The van der Waals surface area contributed by atoms with Crippen LogP contribution in [0.15, 0.2) is 9.98 Å². The van der Waals surface area contributed by atoms with Gasteiger partial charge < -0.3 is 10.4 Å². The van der Waals surface area contributed by atoms with Crippen molar-refractivity contribution < 1.29 is 18.3 Å². The van der Waals surface area contributed by atoms with Crippen LogP contribution in [0.4, 0.5) is 4.79 Å². The molecule has 0 saturated carbocycles. The molecular weight excluding hydrogens is 727 g/mol. The molecule has 0 aliphatic rings. The summed E-state index contributed by atoms with van der Waals surface area (Å²) in [6, 6.07) is 0. The summed E-state index contributed by atoms with van der Waals surface area (Å²) in [6.07, 6.45) is 0. The zero-order valence-electron chi connectivity index (χ0n) is 20.2. The Bertz CT molecular complexity index is 650. The summed E-state index contributed by atoms with van der Waals surface area (Å²) in [4.78, 5) is 19.8. The van der Waals surface area contributed by atoms with Crippen molar-refractivity contribution in [1.29, 1.82) is 0 Å². The summed E-state index contributed by atoms with van der Waals surface area (Å²) < 4.78 is 23.1. The van der Waals surface area contributed by atoms with Crippen molar-refractivity contribution in [1.82, 2.24) is 5.32 Å². The third kappa shape index (κ3) is 33.3. The van der Waals surface area contributed by atoms with Crippen molar-refractivity contribution in [2.45, 2.75) is 0 Å². The fraction of sp³-hybridized carbons (Fsp3) is 0.824. The van der Waals surface area contributed by atoms with Crippen LogP contribution in [-0.4, -0.2) is 105 Å². The molecule has 0 aliphatic carbocycles. The Labute approximate surface area is 273 Å². The van der Waals surface area contributed by atoms with Crippen molar-refractivity contribution in [2.75, 3.05) is 75.6 Å². The van der Waals surface area contributed by atoms with Crippen molar-refractivity contribution in [2.24, 2.45) is 9.98 Å². The second-order valence-electron chi connectivity index (χ2n) is 5.64. The number of nitrogens with zero attached hydrogens (tertiary/aromatic N) is 2. The molecule has 1 amide bonds. The van der Waals surface area contributed by atoms with Crippen LogP contribution >= 0.6 is 129 Å². The third-order valence-corrected chi connectivity index (χ3v) is 18.6. The number of hydrogen-bond donors (Lipinski definition) is 2. The van der Waals surface area contributed by atoms with Gasteiger partial charge in [-0.1, -0.05) is 11.8 Å². The number of thioether (sulfide) groups is 11. The number of nitrogens with one attached hydrogen (secondary N) is 1. The minimum Gasteiger partial charge on any atom is -0.386 e. The van der Waals surface area contributed by atoms with Crippen LogP contribution in [0.5, 0.6) is 0 Å². The number of hydrogen-bond acceptors (Lipinski definition) is 17. The summed E-state index contributed by atoms with van der Waals surface area (Å²) in [5, 5.41) is 20.0. The summed E-state index contributed by atoms with van der Waals surface area (Å²) in [5.41, 5.74) is 3.00. The van der Waals surface area contributed by atoms with Gasteiger partial charge in [-0.2, -0.15) is 0 Å². The lowest BCUT2D eigenvalue weighted by atomic mass is 11.2. The Morgan fingerprint density at radius 3 is 1.86 bits per heavy atom. The molecule has 2 atom stereocenters. The van der Waals surface area contributed by atoms with E-state index < -0.39 is 21.6 Å². The van der Waals surface area contributed by atoms with Crippen molar-refractivity contribution in [3.63, 3.8) is 0 Å². The van der Waals surface area contributed by atoms with E-state index >= 15 is 0 Å². The molecule has 7 nitrogen and oxygen atoms in total. The predicted molar refractivity (Wildman–Crippen MR) is 197 cm³/mol. The monoisotopic (exact) mass is 759 g/mol. The normalized spacial score (nSPS) is 13.5. The van der Waals surface area contributed by atoms with Crippen LogP contribution < -0.4 is 5.32 Å². The van der Waals surface area contributed by atoms with E-state index in [-0.39, 0.29) is 11.2 Å². The maximum atomic E-state index is 11.9. The second kappa shape index (κ2) is 33.4. The number of carbonyl (C=O) groups is 1. The maximum absolute atomic E-state index is 11.9. The van der Waals surface area contributed by atoms with Gasteiger partial charge in [0, 0.05) is 47.7 Å². The first-order valence-corrected chi connectivity index (χ1v) is 25.3. The Kier molecular flexibility index (Phi) is 36.1. The molecule has 0 aromatic heterocycles. The van der Waals surface area contributed by atoms with E-state index in [4.69, 9.17) is 5.11 Å². The van der Waals surface area contributed by atoms with Gasteiger partial charge >= 0.3 is 0 Å². The van der Waals surface area contributed by atoms with Crippen LogP contribution in [0.2, 0.25) is 0 Å². The van der Waals surface area contributed by atoms with Gasteiger partial charge in [-0.15, -0.1) is 118 Å². The molecular formula is C17H33N3O4S13. The minimum absolute atomic E-state index is 0.0271. The minimum atomic E-state index is -1.04. The fourth-order valence-corrected chi connectivity index (χ4v) is 15.8. The SMILES string of the molecule is CN=CS(=O)CSCSCSCSCSC(=O)NCSCSCSCSCN=CS(=O)CSCSCO. The van der Waals surface area contributed by atoms with Crippen LogP contribution in [0.25, 0.3) is 0 Å². The van der Waals surface area contributed by atoms with Crippen molar-refractivity contribution in [3.05, 3.63) is 0 Å². The largest absolute Gasteiger partial charge is 0.386 e. The lowest BCUT2D eigenvalue weighted by Gasteiger charge is -2.05. The molecule has 2 N–H and O–H groups in total. The molecule has 0 heterocycles. The number of aliphatic hydroxyl groups excluding tert-OH is 1. The first-order valence-electron chi connectivity index (χ1n) is 10.1.